The molecule has 0 saturated heterocycles. The first-order valence-corrected chi connectivity index (χ1v) is 6.71. The van der Waals surface area contributed by atoms with Crippen molar-refractivity contribution in [2.45, 2.75) is 13.8 Å². The van der Waals surface area contributed by atoms with Gasteiger partial charge >= 0.3 is 0 Å². The van der Waals surface area contributed by atoms with Gasteiger partial charge in [0.1, 0.15) is 0 Å². The molecule has 0 aliphatic carbocycles. The molecule has 0 bridgehead atoms. The Hall–Kier alpha value is -3.63. The van der Waals surface area contributed by atoms with Crippen molar-refractivity contribution in [3.05, 3.63) is 29.3 Å². The molecule has 1 rings (SSSR count). The second kappa shape index (κ2) is 8.12. The molecule has 128 valence electrons. The molecule has 24 heavy (non-hydrogen) atoms. The lowest BCUT2D eigenvalue weighted by Gasteiger charge is -2.07. The Morgan fingerprint density at radius 2 is 1.04 bits per heavy atom. The van der Waals surface area contributed by atoms with E-state index in [4.69, 9.17) is 34.4 Å². The summed E-state index contributed by atoms with van der Waals surface area (Å²) in [4.78, 5) is 4.03. The van der Waals surface area contributed by atoms with Gasteiger partial charge in [-0.3, -0.25) is 0 Å². The Morgan fingerprint density at radius 3 is 1.38 bits per heavy atom. The number of hydrogen-bond acceptors (Lipinski definition) is 5. The Kier molecular flexibility index (Phi) is 6.23. The summed E-state index contributed by atoms with van der Waals surface area (Å²) in [5.74, 6) is -0.392. The van der Waals surface area contributed by atoms with E-state index in [0.717, 1.165) is 0 Å². The van der Waals surface area contributed by atoms with Gasteiger partial charge in [-0.15, -0.1) is 10.2 Å². The molecule has 0 unspecified atom stereocenters. The fourth-order valence-corrected chi connectivity index (χ4v) is 1.62. The van der Waals surface area contributed by atoms with Crippen LogP contribution >= 0.6 is 0 Å². The van der Waals surface area contributed by atoms with Crippen LogP contribution in [0.3, 0.4) is 0 Å². The molecule has 0 heterocycles. The molecule has 1 aromatic rings. The third-order valence-electron chi connectivity index (χ3n) is 2.64. The maximum absolute atomic E-state index is 5.43. The zero-order chi connectivity index (χ0) is 18.3. The number of hydrogen-bond donors (Lipinski definition) is 6. The predicted octanol–water partition coefficient (Wildman–Crippen LogP) is -1.41. The van der Waals surface area contributed by atoms with Crippen LogP contribution in [0.2, 0.25) is 0 Å². The van der Waals surface area contributed by atoms with Crippen LogP contribution in [-0.2, 0) is 0 Å². The summed E-state index contributed by atoms with van der Waals surface area (Å²) in [6.07, 6.45) is 0. The van der Waals surface area contributed by atoms with Crippen molar-refractivity contribution in [1.82, 2.24) is 0 Å². The van der Waals surface area contributed by atoms with Gasteiger partial charge in [-0.05, 0) is 32.0 Å². The highest BCUT2D eigenvalue weighted by Crippen LogP contribution is 2.19. The highest BCUT2D eigenvalue weighted by Gasteiger charge is 2.07. The van der Waals surface area contributed by atoms with E-state index in [2.05, 4.69) is 25.4 Å². The summed E-state index contributed by atoms with van der Waals surface area (Å²) in [6.45, 7) is 3.46. The van der Waals surface area contributed by atoms with Gasteiger partial charge in [-0.25, -0.2) is 4.99 Å². The van der Waals surface area contributed by atoms with Crippen LogP contribution in [0.25, 0.3) is 0 Å². The molecule has 0 aliphatic heterocycles. The number of benzene rings is 1. The van der Waals surface area contributed by atoms with Gasteiger partial charge in [0.2, 0.25) is 11.9 Å². The first kappa shape index (κ1) is 18.4. The number of nitrogens with zero attached hydrogens (tertiary/aromatic N) is 5. The van der Waals surface area contributed by atoms with E-state index in [1.165, 1.54) is 0 Å². The van der Waals surface area contributed by atoms with Crippen molar-refractivity contribution < 1.29 is 0 Å². The van der Waals surface area contributed by atoms with E-state index in [0.29, 0.717) is 28.2 Å². The number of rotatable bonds is 5. The van der Waals surface area contributed by atoms with Crippen molar-refractivity contribution in [3.63, 3.8) is 0 Å². The first-order chi connectivity index (χ1) is 11.2. The first-order valence-electron chi connectivity index (χ1n) is 6.71. The van der Waals surface area contributed by atoms with Crippen molar-refractivity contribution in [1.29, 1.82) is 0 Å². The molecule has 11 heteroatoms. The molecule has 0 fully saturated rings. The number of guanidine groups is 3. The van der Waals surface area contributed by atoms with Crippen molar-refractivity contribution in [3.8, 4) is 0 Å². The number of nitrogens with two attached hydrogens (primary N) is 6. The van der Waals surface area contributed by atoms with Crippen LogP contribution in [0.5, 0.6) is 0 Å². The van der Waals surface area contributed by atoms with Crippen LogP contribution < -0.4 is 34.4 Å². The lowest BCUT2D eigenvalue weighted by molar-refractivity contribution is 1.19. The SMILES string of the molecule is CC(=NN=C(N)N)c1cc(N=C(N)N)cc(C(C)=NN=C(N)N)c1. The second-order valence-corrected chi connectivity index (χ2v) is 4.73. The maximum Gasteiger partial charge on any atom is 0.211 e. The average molecular weight is 331 g/mol. The standard InChI is InChI=1S/C13H21N11/c1-6(21-23-12(16)17)8-3-9(7(2)22-24-13(18)19)5-10(4-8)20-11(14)15/h3-5H,1-2H3,(H4,14,15,20)(H4,16,17,23)(H4,18,19,24). The van der Waals surface area contributed by atoms with E-state index < -0.39 is 0 Å². The average Bonchev–Trinajstić information content (AvgIpc) is 2.49. The molecule has 0 radical (unpaired) electrons. The van der Waals surface area contributed by atoms with E-state index in [-0.39, 0.29) is 17.9 Å². The molecule has 0 aromatic heterocycles. The maximum atomic E-state index is 5.43. The van der Waals surface area contributed by atoms with Crippen molar-refractivity contribution >= 4 is 35.0 Å². The summed E-state index contributed by atoms with van der Waals surface area (Å²) in [5, 5.41) is 15.1. The molecular weight excluding hydrogens is 310 g/mol. The lowest BCUT2D eigenvalue weighted by atomic mass is 10.0. The van der Waals surface area contributed by atoms with Crippen LogP contribution in [0.1, 0.15) is 25.0 Å². The van der Waals surface area contributed by atoms with Crippen LogP contribution in [0.4, 0.5) is 5.69 Å². The van der Waals surface area contributed by atoms with E-state index in [1.54, 1.807) is 32.0 Å². The van der Waals surface area contributed by atoms with Crippen molar-refractivity contribution in [2.75, 3.05) is 0 Å². The van der Waals surface area contributed by atoms with Gasteiger partial charge in [0.15, 0.2) is 5.96 Å². The molecule has 0 atom stereocenters. The Balaban J connectivity index is 3.45. The third-order valence-corrected chi connectivity index (χ3v) is 2.64. The topological polar surface area (TPSA) is 218 Å². The quantitative estimate of drug-likeness (QED) is 0.216. The van der Waals surface area contributed by atoms with Gasteiger partial charge in [-0.2, -0.15) is 10.2 Å². The van der Waals surface area contributed by atoms with E-state index >= 15 is 0 Å². The fraction of sp³-hybridized carbons (Fsp3) is 0.154. The Morgan fingerprint density at radius 1 is 0.625 bits per heavy atom. The van der Waals surface area contributed by atoms with Gasteiger partial charge in [0.25, 0.3) is 0 Å². The zero-order valence-electron chi connectivity index (χ0n) is 13.4. The van der Waals surface area contributed by atoms with Gasteiger partial charge in [-0.1, -0.05) is 0 Å². The summed E-state index contributed by atoms with van der Waals surface area (Å²) in [7, 11) is 0. The molecule has 0 aliphatic rings. The minimum Gasteiger partial charge on any atom is -0.370 e. The summed E-state index contributed by atoms with van der Waals surface area (Å²) < 4.78 is 0. The van der Waals surface area contributed by atoms with E-state index in [1.807, 2.05) is 0 Å². The van der Waals surface area contributed by atoms with Gasteiger partial charge < -0.3 is 34.4 Å². The Labute approximate surface area is 138 Å². The molecular formula is C13H21N11. The molecule has 0 amide bonds. The normalized spacial score (nSPS) is 11.6. The van der Waals surface area contributed by atoms with Gasteiger partial charge in [0.05, 0.1) is 17.1 Å². The Bertz CT molecular complexity index is 691. The largest absolute Gasteiger partial charge is 0.370 e. The predicted molar refractivity (Wildman–Crippen MR) is 98.0 cm³/mol. The lowest BCUT2D eigenvalue weighted by Crippen LogP contribution is -2.22. The minimum atomic E-state index is -0.152. The highest BCUT2D eigenvalue weighted by molar-refractivity contribution is 6.05. The molecule has 0 saturated carbocycles. The van der Waals surface area contributed by atoms with Gasteiger partial charge in [0, 0.05) is 11.1 Å². The van der Waals surface area contributed by atoms with E-state index in [9.17, 15) is 0 Å². The van der Waals surface area contributed by atoms with Crippen LogP contribution in [0, 0.1) is 0 Å². The summed E-state index contributed by atoms with van der Waals surface area (Å²) in [6, 6.07) is 5.24. The van der Waals surface area contributed by atoms with Crippen molar-refractivity contribution in [2.24, 2.45) is 59.8 Å². The molecule has 1 aromatic carbocycles. The highest BCUT2D eigenvalue weighted by atomic mass is 15.3. The van der Waals surface area contributed by atoms with Crippen LogP contribution in [0.15, 0.2) is 43.6 Å². The third kappa shape index (κ3) is 6.01. The minimum absolute atomic E-state index is 0.0873. The second-order valence-electron chi connectivity index (χ2n) is 4.73. The monoisotopic (exact) mass is 331 g/mol. The molecule has 0 spiro atoms. The van der Waals surface area contributed by atoms with Crippen LogP contribution in [-0.4, -0.2) is 29.3 Å². The zero-order valence-corrected chi connectivity index (χ0v) is 13.4. The summed E-state index contributed by atoms with van der Waals surface area (Å²) in [5.41, 5.74) is 34.9. The summed E-state index contributed by atoms with van der Waals surface area (Å²) >= 11 is 0. The smallest absolute Gasteiger partial charge is 0.211 e. The fourth-order valence-electron chi connectivity index (χ4n) is 1.62. The molecule has 12 N–H and O–H groups in total. The number of aliphatic imine (C=N–C) groups is 1. The molecule has 11 nitrogen and oxygen atoms in total.